The van der Waals surface area contributed by atoms with Crippen molar-refractivity contribution in [2.24, 2.45) is 11.8 Å². The maximum atomic E-state index is 12.0. The van der Waals surface area contributed by atoms with E-state index in [4.69, 9.17) is 11.6 Å². The molecule has 0 saturated heterocycles. The maximum Gasteiger partial charge on any atom is 0.252 e. The van der Waals surface area contributed by atoms with E-state index in [1.54, 1.807) is 12.3 Å². The molecule has 0 aromatic carbocycles. The second-order valence-electron chi connectivity index (χ2n) is 5.51. The summed E-state index contributed by atoms with van der Waals surface area (Å²) in [6, 6.07) is 1.67. The monoisotopic (exact) mass is 295 g/mol. The van der Waals surface area contributed by atoms with Crippen molar-refractivity contribution < 1.29 is 4.79 Å². The lowest BCUT2D eigenvalue weighted by molar-refractivity contribution is 0.0946. The molecule has 0 aliphatic heterocycles. The van der Waals surface area contributed by atoms with E-state index in [0.29, 0.717) is 22.3 Å². The van der Waals surface area contributed by atoms with Crippen LogP contribution in [0.1, 0.15) is 43.5 Å². The van der Waals surface area contributed by atoms with Crippen LogP contribution in [0.2, 0.25) is 5.02 Å². The van der Waals surface area contributed by atoms with Crippen LogP contribution in [-0.4, -0.2) is 24.0 Å². The van der Waals surface area contributed by atoms with Crippen molar-refractivity contribution in [1.82, 2.24) is 10.3 Å². The van der Waals surface area contributed by atoms with Gasteiger partial charge in [-0.3, -0.25) is 4.79 Å². The van der Waals surface area contributed by atoms with Crippen LogP contribution < -0.4 is 10.6 Å². The standard InChI is InChI=1S/C15H22ClN3O/c1-3-6-17-14-13(16)7-12(9-18-14)15(20)19-8-10(2)11-4-5-11/h7,9-11H,3-6,8H2,1-2H3,(H,17,18)(H,19,20). The summed E-state index contributed by atoms with van der Waals surface area (Å²) in [4.78, 5) is 16.2. The van der Waals surface area contributed by atoms with Crippen LogP contribution in [0.5, 0.6) is 0 Å². The van der Waals surface area contributed by atoms with Gasteiger partial charge in [0, 0.05) is 19.3 Å². The van der Waals surface area contributed by atoms with Crippen molar-refractivity contribution in [3.05, 3.63) is 22.8 Å². The van der Waals surface area contributed by atoms with Crippen molar-refractivity contribution in [3.63, 3.8) is 0 Å². The summed E-state index contributed by atoms with van der Waals surface area (Å²) in [5, 5.41) is 6.57. The third-order valence-electron chi connectivity index (χ3n) is 3.66. The summed E-state index contributed by atoms with van der Waals surface area (Å²) in [7, 11) is 0. The Morgan fingerprint density at radius 3 is 2.90 bits per heavy atom. The van der Waals surface area contributed by atoms with E-state index < -0.39 is 0 Å². The first kappa shape index (κ1) is 15.1. The normalized spacial score (nSPS) is 15.8. The van der Waals surface area contributed by atoms with Crippen LogP contribution in [-0.2, 0) is 0 Å². The lowest BCUT2D eigenvalue weighted by atomic mass is 10.1. The molecule has 1 aromatic rings. The van der Waals surface area contributed by atoms with Crippen molar-refractivity contribution in [1.29, 1.82) is 0 Å². The highest BCUT2D eigenvalue weighted by Gasteiger charge is 2.27. The Balaban J connectivity index is 1.90. The highest BCUT2D eigenvalue weighted by atomic mass is 35.5. The van der Waals surface area contributed by atoms with Gasteiger partial charge in [-0.2, -0.15) is 0 Å². The lowest BCUT2D eigenvalue weighted by Gasteiger charge is -2.12. The number of halogens is 1. The average molecular weight is 296 g/mol. The van der Waals surface area contributed by atoms with Crippen LogP contribution >= 0.6 is 11.6 Å². The highest BCUT2D eigenvalue weighted by molar-refractivity contribution is 6.33. The number of amides is 1. The van der Waals surface area contributed by atoms with Gasteiger partial charge < -0.3 is 10.6 Å². The minimum atomic E-state index is -0.103. The first-order chi connectivity index (χ1) is 9.61. The van der Waals surface area contributed by atoms with E-state index in [-0.39, 0.29) is 5.91 Å². The summed E-state index contributed by atoms with van der Waals surface area (Å²) in [6.07, 6.45) is 5.16. The number of aromatic nitrogens is 1. The molecule has 1 atom stereocenters. The lowest BCUT2D eigenvalue weighted by Crippen LogP contribution is -2.29. The Kier molecular flexibility index (Phi) is 5.24. The van der Waals surface area contributed by atoms with E-state index in [1.165, 1.54) is 12.8 Å². The molecule has 1 aliphatic carbocycles. The fraction of sp³-hybridized carbons (Fsp3) is 0.600. The maximum absolute atomic E-state index is 12.0. The van der Waals surface area contributed by atoms with Crippen molar-refractivity contribution in [3.8, 4) is 0 Å². The summed E-state index contributed by atoms with van der Waals surface area (Å²) >= 11 is 6.13. The molecule has 1 heterocycles. The smallest absolute Gasteiger partial charge is 0.252 e. The van der Waals surface area contributed by atoms with Crippen LogP contribution in [0.3, 0.4) is 0 Å². The van der Waals surface area contributed by atoms with Crippen molar-refractivity contribution >= 4 is 23.3 Å². The third-order valence-corrected chi connectivity index (χ3v) is 3.95. The van der Waals surface area contributed by atoms with Gasteiger partial charge in [-0.15, -0.1) is 0 Å². The largest absolute Gasteiger partial charge is 0.369 e. The van der Waals surface area contributed by atoms with E-state index in [9.17, 15) is 4.79 Å². The molecule has 2 rings (SSSR count). The van der Waals surface area contributed by atoms with Gasteiger partial charge in [0.15, 0.2) is 0 Å². The summed E-state index contributed by atoms with van der Waals surface area (Å²) in [6.45, 7) is 5.79. The molecule has 1 saturated carbocycles. The summed E-state index contributed by atoms with van der Waals surface area (Å²) < 4.78 is 0. The number of carbonyl (C=O) groups excluding carboxylic acids is 1. The van der Waals surface area contributed by atoms with Gasteiger partial charge in [-0.25, -0.2) is 4.98 Å². The topological polar surface area (TPSA) is 54.0 Å². The Hall–Kier alpha value is -1.29. The number of pyridine rings is 1. The van der Waals surface area contributed by atoms with Gasteiger partial charge in [0.25, 0.3) is 5.91 Å². The zero-order valence-corrected chi connectivity index (χ0v) is 12.8. The van der Waals surface area contributed by atoms with Gasteiger partial charge in [0.05, 0.1) is 10.6 Å². The molecule has 0 radical (unpaired) electrons. The number of anilines is 1. The van der Waals surface area contributed by atoms with E-state index in [0.717, 1.165) is 25.4 Å². The number of nitrogens with one attached hydrogen (secondary N) is 2. The zero-order chi connectivity index (χ0) is 14.5. The van der Waals surface area contributed by atoms with E-state index >= 15 is 0 Å². The predicted octanol–water partition coefficient (Wildman–Crippen LogP) is 3.33. The fourth-order valence-corrected chi connectivity index (χ4v) is 2.36. The number of carbonyl (C=O) groups is 1. The van der Waals surface area contributed by atoms with E-state index in [1.807, 2.05) is 0 Å². The average Bonchev–Trinajstić information content (AvgIpc) is 3.27. The molecular formula is C15H22ClN3O. The molecular weight excluding hydrogens is 274 g/mol. The Bertz CT molecular complexity index is 474. The van der Waals surface area contributed by atoms with Gasteiger partial charge in [0.2, 0.25) is 0 Å². The van der Waals surface area contributed by atoms with Gasteiger partial charge in [0.1, 0.15) is 5.82 Å². The molecule has 2 N–H and O–H groups in total. The minimum absolute atomic E-state index is 0.103. The first-order valence-electron chi connectivity index (χ1n) is 7.29. The minimum Gasteiger partial charge on any atom is -0.369 e. The number of hydrogen-bond donors (Lipinski definition) is 2. The molecule has 20 heavy (non-hydrogen) atoms. The van der Waals surface area contributed by atoms with Gasteiger partial charge >= 0.3 is 0 Å². The number of rotatable bonds is 7. The number of nitrogens with zero attached hydrogens (tertiary/aromatic N) is 1. The van der Waals surface area contributed by atoms with Crippen LogP contribution in [0.4, 0.5) is 5.82 Å². The Labute approximate surface area is 125 Å². The molecule has 110 valence electrons. The predicted molar refractivity (Wildman–Crippen MR) is 82.2 cm³/mol. The van der Waals surface area contributed by atoms with E-state index in [2.05, 4.69) is 29.5 Å². The Morgan fingerprint density at radius 1 is 1.55 bits per heavy atom. The third kappa shape index (κ3) is 4.10. The first-order valence-corrected chi connectivity index (χ1v) is 7.67. The molecule has 1 fully saturated rings. The molecule has 5 heteroatoms. The van der Waals surface area contributed by atoms with Crippen LogP contribution in [0.15, 0.2) is 12.3 Å². The fourth-order valence-electron chi connectivity index (χ4n) is 2.12. The van der Waals surface area contributed by atoms with Gasteiger partial charge in [-0.05, 0) is 37.2 Å². The quantitative estimate of drug-likeness (QED) is 0.811. The molecule has 0 bridgehead atoms. The van der Waals surface area contributed by atoms with Crippen LogP contribution in [0.25, 0.3) is 0 Å². The highest BCUT2D eigenvalue weighted by Crippen LogP contribution is 2.36. The SMILES string of the molecule is CCCNc1ncc(C(=O)NCC(C)C2CC2)cc1Cl. The molecule has 1 unspecified atom stereocenters. The zero-order valence-electron chi connectivity index (χ0n) is 12.1. The molecule has 4 nitrogen and oxygen atoms in total. The molecule has 1 aliphatic rings. The second kappa shape index (κ2) is 6.93. The van der Waals surface area contributed by atoms with Crippen molar-refractivity contribution in [2.45, 2.75) is 33.1 Å². The number of hydrogen-bond acceptors (Lipinski definition) is 3. The summed E-state index contributed by atoms with van der Waals surface area (Å²) in [5.74, 6) is 1.87. The molecule has 1 amide bonds. The Morgan fingerprint density at radius 2 is 2.30 bits per heavy atom. The van der Waals surface area contributed by atoms with Gasteiger partial charge in [-0.1, -0.05) is 25.4 Å². The molecule has 1 aromatic heterocycles. The van der Waals surface area contributed by atoms with Crippen molar-refractivity contribution in [2.75, 3.05) is 18.4 Å². The second-order valence-corrected chi connectivity index (χ2v) is 5.91. The summed E-state index contributed by atoms with van der Waals surface area (Å²) in [5.41, 5.74) is 0.514. The van der Waals surface area contributed by atoms with Crippen LogP contribution in [0, 0.1) is 11.8 Å². The molecule has 0 spiro atoms.